The van der Waals surface area contributed by atoms with Gasteiger partial charge < -0.3 is 20.3 Å². The first-order chi connectivity index (χ1) is 9.13. The van der Waals surface area contributed by atoms with E-state index in [-0.39, 0.29) is 0 Å². The number of hydrogen-bond acceptors (Lipinski definition) is 6. The maximum absolute atomic E-state index is 9.97. The van der Waals surface area contributed by atoms with Crippen molar-refractivity contribution < 1.29 is 14.9 Å². The van der Waals surface area contributed by atoms with Crippen molar-refractivity contribution in [2.45, 2.75) is 37.5 Å². The van der Waals surface area contributed by atoms with Crippen LogP contribution in [0.2, 0.25) is 0 Å². The third-order valence-electron chi connectivity index (χ3n) is 2.99. The van der Waals surface area contributed by atoms with Crippen LogP contribution < -0.4 is 5.32 Å². The molecule has 2 rings (SSSR count). The van der Waals surface area contributed by atoms with Crippen LogP contribution in [-0.2, 0) is 4.74 Å². The molecule has 0 amide bonds. The molecule has 1 aromatic rings. The average Bonchev–Trinajstić information content (AvgIpc) is 2.42. The molecule has 19 heavy (non-hydrogen) atoms. The molecule has 1 aliphatic heterocycles. The molecular formula is C11H15N5O3. The summed E-state index contributed by atoms with van der Waals surface area (Å²) in [6.07, 6.45) is -2.14. The summed E-state index contributed by atoms with van der Waals surface area (Å²) in [5.41, 5.74) is 8.43. The van der Waals surface area contributed by atoms with E-state index in [9.17, 15) is 10.2 Å². The lowest BCUT2D eigenvalue weighted by Crippen LogP contribution is -2.58. The van der Waals surface area contributed by atoms with E-state index < -0.39 is 30.6 Å². The standard InChI is InChI=1S/C11H15N5O3/c1-6-8(15-16-12)9(17)10(18)11(19-6)14-7-4-2-3-5-13-7/h2-6,8-11,17-18H,1H3,(H,13,14)/t6-,8-,9+,10+,11-/m0/s1. The normalized spacial score (nSPS) is 34.4. The van der Waals surface area contributed by atoms with Crippen LogP contribution in [0.3, 0.4) is 0 Å². The van der Waals surface area contributed by atoms with E-state index in [1.165, 1.54) is 0 Å². The second kappa shape index (κ2) is 5.85. The molecule has 3 N–H and O–H groups in total. The fourth-order valence-corrected chi connectivity index (χ4v) is 1.99. The summed E-state index contributed by atoms with van der Waals surface area (Å²) in [7, 11) is 0. The number of pyridine rings is 1. The molecule has 1 saturated heterocycles. The third kappa shape index (κ3) is 2.94. The summed E-state index contributed by atoms with van der Waals surface area (Å²) >= 11 is 0. The van der Waals surface area contributed by atoms with Crippen molar-refractivity contribution in [3.63, 3.8) is 0 Å². The molecule has 8 nitrogen and oxygen atoms in total. The SMILES string of the molecule is C[C@@H]1O[C@H](Nc2ccccn2)[C@H](O)[C@H](O)[C@H]1N=[N+]=[N-]. The molecule has 0 unspecified atom stereocenters. The Morgan fingerprint density at radius 2 is 2.21 bits per heavy atom. The highest BCUT2D eigenvalue weighted by Crippen LogP contribution is 2.24. The summed E-state index contributed by atoms with van der Waals surface area (Å²) in [6.45, 7) is 1.67. The highest BCUT2D eigenvalue weighted by atomic mass is 16.5. The maximum atomic E-state index is 9.97. The number of ether oxygens (including phenoxy) is 1. The molecule has 8 heteroatoms. The van der Waals surface area contributed by atoms with Gasteiger partial charge in [0.05, 0.1) is 18.2 Å². The quantitative estimate of drug-likeness (QED) is 0.420. The minimum Gasteiger partial charge on any atom is -0.390 e. The second-order valence-electron chi connectivity index (χ2n) is 4.30. The molecule has 0 radical (unpaired) electrons. The van der Waals surface area contributed by atoms with Gasteiger partial charge in [0.25, 0.3) is 0 Å². The van der Waals surface area contributed by atoms with Crippen molar-refractivity contribution in [1.82, 2.24) is 4.98 Å². The maximum Gasteiger partial charge on any atom is 0.157 e. The van der Waals surface area contributed by atoms with Crippen LogP contribution in [0, 0.1) is 0 Å². The first-order valence-electron chi connectivity index (χ1n) is 5.87. The van der Waals surface area contributed by atoms with Crippen molar-refractivity contribution in [2.75, 3.05) is 5.32 Å². The van der Waals surface area contributed by atoms with E-state index in [0.717, 1.165) is 0 Å². The zero-order valence-electron chi connectivity index (χ0n) is 10.3. The Balaban J connectivity index is 2.10. The summed E-state index contributed by atoms with van der Waals surface area (Å²) in [5.74, 6) is 0.521. The number of aromatic nitrogens is 1. The summed E-state index contributed by atoms with van der Waals surface area (Å²) in [4.78, 5) is 6.69. The Kier molecular flexibility index (Phi) is 4.18. The number of rotatable bonds is 3. The molecule has 2 heterocycles. The van der Waals surface area contributed by atoms with E-state index >= 15 is 0 Å². The van der Waals surface area contributed by atoms with E-state index in [1.807, 2.05) is 0 Å². The lowest BCUT2D eigenvalue weighted by molar-refractivity contribution is -0.163. The van der Waals surface area contributed by atoms with Crippen molar-refractivity contribution in [1.29, 1.82) is 0 Å². The smallest absolute Gasteiger partial charge is 0.157 e. The summed E-state index contributed by atoms with van der Waals surface area (Å²) < 4.78 is 5.51. The minimum atomic E-state index is -1.21. The average molecular weight is 265 g/mol. The van der Waals surface area contributed by atoms with Gasteiger partial charge in [0.1, 0.15) is 11.9 Å². The monoisotopic (exact) mass is 265 g/mol. The summed E-state index contributed by atoms with van der Waals surface area (Å²) in [5, 5.41) is 26.2. The third-order valence-corrected chi connectivity index (χ3v) is 2.99. The van der Waals surface area contributed by atoms with Gasteiger partial charge in [0.15, 0.2) is 6.23 Å². The Hall–Kier alpha value is -1.86. The lowest BCUT2D eigenvalue weighted by Gasteiger charge is -2.40. The largest absolute Gasteiger partial charge is 0.390 e. The first-order valence-corrected chi connectivity index (χ1v) is 5.87. The molecule has 0 aromatic carbocycles. The molecule has 0 aliphatic carbocycles. The van der Waals surface area contributed by atoms with Gasteiger partial charge in [0.2, 0.25) is 0 Å². The number of azide groups is 1. The van der Waals surface area contributed by atoms with Crippen LogP contribution >= 0.6 is 0 Å². The van der Waals surface area contributed by atoms with Gasteiger partial charge in [-0.3, -0.25) is 0 Å². The number of anilines is 1. The van der Waals surface area contributed by atoms with Gasteiger partial charge in [-0.25, -0.2) is 4.98 Å². The van der Waals surface area contributed by atoms with Crippen molar-refractivity contribution in [2.24, 2.45) is 5.11 Å². The Morgan fingerprint density at radius 3 is 2.84 bits per heavy atom. The van der Waals surface area contributed by atoms with Crippen molar-refractivity contribution in [3.8, 4) is 0 Å². The fraction of sp³-hybridized carbons (Fsp3) is 0.545. The second-order valence-corrected chi connectivity index (χ2v) is 4.30. The molecule has 1 aromatic heterocycles. The molecule has 102 valence electrons. The lowest BCUT2D eigenvalue weighted by atomic mass is 9.97. The van der Waals surface area contributed by atoms with Gasteiger partial charge in [-0.2, -0.15) is 0 Å². The Bertz CT molecular complexity index is 465. The number of nitrogens with one attached hydrogen (secondary N) is 1. The zero-order chi connectivity index (χ0) is 13.8. The zero-order valence-corrected chi connectivity index (χ0v) is 10.3. The van der Waals surface area contributed by atoms with Crippen LogP contribution in [-0.4, -0.2) is 45.8 Å². The van der Waals surface area contributed by atoms with E-state index in [2.05, 4.69) is 20.3 Å². The topological polar surface area (TPSA) is 123 Å². The highest BCUT2D eigenvalue weighted by molar-refractivity contribution is 5.34. The predicted octanol–water partition coefficient (Wildman–Crippen LogP) is 0.639. The molecule has 0 saturated carbocycles. The number of aliphatic hydroxyl groups is 2. The number of aliphatic hydroxyl groups excluding tert-OH is 2. The summed E-state index contributed by atoms with van der Waals surface area (Å²) in [6, 6.07) is 4.44. The fourth-order valence-electron chi connectivity index (χ4n) is 1.99. The molecule has 0 bridgehead atoms. The van der Waals surface area contributed by atoms with Gasteiger partial charge >= 0.3 is 0 Å². The van der Waals surface area contributed by atoms with E-state index in [4.69, 9.17) is 10.3 Å². The van der Waals surface area contributed by atoms with Crippen LogP contribution in [0.1, 0.15) is 6.92 Å². The molecule has 1 fully saturated rings. The van der Waals surface area contributed by atoms with Crippen LogP contribution in [0.4, 0.5) is 5.82 Å². The Labute approximate surface area is 109 Å². The number of nitrogens with zero attached hydrogens (tertiary/aromatic N) is 4. The van der Waals surface area contributed by atoms with E-state index in [0.29, 0.717) is 5.82 Å². The van der Waals surface area contributed by atoms with Crippen LogP contribution in [0.15, 0.2) is 29.5 Å². The van der Waals surface area contributed by atoms with Crippen molar-refractivity contribution >= 4 is 5.82 Å². The van der Waals surface area contributed by atoms with Gasteiger partial charge in [-0.1, -0.05) is 11.2 Å². The molecule has 5 atom stereocenters. The Morgan fingerprint density at radius 1 is 1.42 bits per heavy atom. The molecule has 1 aliphatic rings. The van der Waals surface area contributed by atoms with Crippen LogP contribution in [0.25, 0.3) is 10.4 Å². The minimum absolute atomic E-state index is 0.518. The van der Waals surface area contributed by atoms with Crippen LogP contribution in [0.5, 0.6) is 0 Å². The highest BCUT2D eigenvalue weighted by Gasteiger charge is 2.42. The van der Waals surface area contributed by atoms with Gasteiger partial charge in [-0.15, -0.1) is 0 Å². The first kappa shape index (κ1) is 13.6. The number of hydrogen-bond donors (Lipinski definition) is 3. The predicted molar refractivity (Wildman–Crippen MR) is 67.1 cm³/mol. The van der Waals surface area contributed by atoms with E-state index in [1.54, 1.807) is 31.3 Å². The van der Waals surface area contributed by atoms with Gasteiger partial charge in [-0.05, 0) is 24.6 Å². The van der Waals surface area contributed by atoms with Gasteiger partial charge in [0, 0.05) is 11.1 Å². The molecular weight excluding hydrogens is 250 g/mol. The molecule has 0 spiro atoms. The van der Waals surface area contributed by atoms with Crippen molar-refractivity contribution in [3.05, 3.63) is 34.8 Å².